The zero-order chi connectivity index (χ0) is 41.8. The molecule has 2 heterocycles. The first kappa shape index (κ1) is 43.6. The number of hydrogen-bond acceptors (Lipinski definition) is 12. The Labute approximate surface area is 333 Å². The van der Waals surface area contributed by atoms with Crippen molar-refractivity contribution in [3.05, 3.63) is 36.2 Å². The number of carbonyl (C=O) groups excluding carboxylic acids is 4. The number of allylic oxidation sites excluding steroid dienone is 1. The maximum Gasteiger partial charge on any atom is 0.408 e. The Morgan fingerprint density at radius 3 is 2.53 bits per heavy atom. The van der Waals surface area contributed by atoms with Crippen LogP contribution in [-0.4, -0.2) is 91.4 Å². The Bertz CT molecular complexity index is 1960. The second-order valence-corrected chi connectivity index (χ2v) is 18.8. The number of rotatable bonds is 19. The van der Waals surface area contributed by atoms with Gasteiger partial charge in [0.15, 0.2) is 11.6 Å². The molecule has 3 amide bonds. The van der Waals surface area contributed by atoms with E-state index in [1.807, 2.05) is 26.0 Å². The molecule has 314 valence electrons. The summed E-state index contributed by atoms with van der Waals surface area (Å²) in [5, 5.41) is 9.10. The number of hydrogen-bond donors (Lipinski definition) is 4. The molecule has 1 saturated heterocycles. The highest BCUT2D eigenvalue weighted by atomic mass is 32.2. The fraction of sp³-hybridized carbons (Fsp3) is 0.625. The van der Waals surface area contributed by atoms with Gasteiger partial charge >= 0.3 is 6.09 Å². The molecular formula is C40H56FN5O10S. The number of unbranched alkanes of at least 4 members (excludes halogenated alkanes) is 3. The number of alkyl carbamates (subject to hydrolysis) is 1. The molecule has 1 aromatic carbocycles. The van der Waals surface area contributed by atoms with E-state index < -0.39 is 73.7 Å². The lowest BCUT2D eigenvalue weighted by Crippen LogP contribution is -2.56. The number of methoxy groups -OCH3 is 1. The number of benzene rings is 1. The van der Waals surface area contributed by atoms with Gasteiger partial charge in [-0.05, 0) is 92.2 Å². The minimum Gasteiger partial charge on any atom is -0.491 e. The number of nitrogens with one attached hydrogen (secondary N) is 4. The monoisotopic (exact) mass is 817 g/mol. The smallest absolute Gasteiger partial charge is 0.408 e. The standard InChI is InChI=1S/C40H56FN5O10S/c1-24(2)54-32-20-31(28-15-16-29(41)34(53-7)33(28)44-32)55-27-19-30(42-22-27)35(48)45-40(36(49)46-57(51,52)39(6)17-18-39)21-25(40)13-11-9-8-10-12-14-26(23-47)43-37(50)56-38(3,4)5/h11,13,15-16,20,23-27,30,42H,8-10,12,14,17-19,21-22H2,1-7H3,(H,43,50)(H,45,48)(H,46,49)/b13-11-/t25?,26-,27+,30-,40+/m0/s1. The highest BCUT2D eigenvalue weighted by Crippen LogP contribution is 2.47. The first-order chi connectivity index (χ1) is 26.8. The van der Waals surface area contributed by atoms with Crippen molar-refractivity contribution in [1.29, 1.82) is 0 Å². The predicted molar refractivity (Wildman–Crippen MR) is 210 cm³/mol. The first-order valence-corrected chi connectivity index (χ1v) is 21.0. The van der Waals surface area contributed by atoms with Gasteiger partial charge in [-0.2, -0.15) is 0 Å². The summed E-state index contributed by atoms with van der Waals surface area (Å²) in [6.45, 7) is 10.8. The van der Waals surface area contributed by atoms with Crippen LogP contribution in [0.3, 0.4) is 0 Å². The number of aldehydes is 1. The zero-order valence-corrected chi connectivity index (χ0v) is 34.6. The number of aromatic nitrogens is 1. The van der Waals surface area contributed by atoms with Gasteiger partial charge in [0.25, 0.3) is 5.91 Å². The normalized spacial score (nSPS) is 23.1. The van der Waals surface area contributed by atoms with Crippen molar-refractivity contribution in [3.8, 4) is 17.4 Å². The van der Waals surface area contributed by atoms with Gasteiger partial charge in [-0.1, -0.05) is 25.0 Å². The van der Waals surface area contributed by atoms with Crippen molar-refractivity contribution in [2.75, 3.05) is 13.7 Å². The highest BCUT2D eigenvalue weighted by Gasteiger charge is 2.62. The Hall–Kier alpha value is -4.51. The average molecular weight is 818 g/mol. The Kier molecular flexibility index (Phi) is 13.4. The molecule has 3 fully saturated rings. The zero-order valence-electron chi connectivity index (χ0n) is 33.7. The molecule has 2 aliphatic carbocycles. The van der Waals surface area contributed by atoms with E-state index in [2.05, 4.69) is 25.7 Å². The van der Waals surface area contributed by atoms with E-state index in [9.17, 15) is 32.0 Å². The summed E-state index contributed by atoms with van der Waals surface area (Å²) in [4.78, 5) is 55.4. The van der Waals surface area contributed by atoms with Crippen LogP contribution in [0.25, 0.3) is 10.9 Å². The lowest BCUT2D eigenvalue weighted by molar-refractivity contribution is -0.130. The Morgan fingerprint density at radius 2 is 1.88 bits per heavy atom. The van der Waals surface area contributed by atoms with Crippen LogP contribution in [0.2, 0.25) is 0 Å². The summed E-state index contributed by atoms with van der Waals surface area (Å²) in [6, 6.07) is 3.00. The third-order valence-electron chi connectivity index (χ3n) is 10.3. The third-order valence-corrected chi connectivity index (χ3v) is 12.5. The summed E-state index contributed by atoms with van der Waals surface area (Å²) in [6.07, 6.45) is 7.73. The van der Waals surface area contributed by atoms with Crippen molar-refractivity contribution >= 4 is 45.1 Å². The Balaban J connectivity index is 1.20. The molecule has 57 heavy (non-hydrogen) atoms. The van der Waals surface area contributed by atoms with Crippen molar-refractivity contribution in [2.24, 2.45) is 5.92 Å². The predicted octanol–water partition coefficient (Wildman–Crippen LogP) is 4.75. The van der Waals surface area contributed by atoms with Gasteiger partial charge < -0.3 is 39.7 Å². The van der Waals surface area contributed by atoms with E-state index in [1.165, 1.54) is 19.2 Å². The molecule has 0 radical (unpaired) electrons. The fourth-order valence-corrected chi connectivity index (χ4v) is 8.03. The van der Waals surface area contributed by atoms with Crippen molar-refractivity contribution in [3.63, 3.8) is 0 Å². The molecular weight excluding hydrogens is 762 g/mol. The first-order valence-electron chi connectivity index (χ1n) is 19.5. The molecule has 5 rings (SSSR count). The SMILES string of the molecule is COc1c(F)ccc2c(O[C@H]3CN[C@H](C(=O)N[C@]4(C(=O)NS(=O)(=O)C5(C)CC5)CC4/C=C\CCCCC[C@@H](C=O)NC(=O)OC(C)(C)C)C3)cc(OC(C)C)nc12. The van der Waals surface area contributed by atoms with E-state index in [0.717, 1.165) is 12.8 Å². The fourth-order valence-electron chi connectivity index (χ4n) is 6.72. The lowest BCUT2D eigenvalue weighted by Gasteiger charge is -2.22. The molecule has 0 bridgehead atoms. The summed E-state index contributed by atoms with van der Waals surface area (Å²) < 4.78 is 64.6. The molecule has 1 aromatic heterocycles. The molecule has 3 aliphatic rings. The van der Waals surface area contributed by atoms with E-state index in [1.54, 1.807) is 33.8 Å². The number of sulfonamides is 1. The van der Waals surface area contributed by atoms with Gasteiger partial charge in [-0.3, -0.25) is 14.3 Å². The van der Waals surface area contributed by atoms with Crippen LogP contribution >= 0.6 is 0 Å². The number of carbonyl (C=O) groups is 4. The molecule has 2 aromatic rings. The maximum atomic E-state index is 14.6. The van der Waals surface area contributed by atoms with Gasteiger partial charge in [0.05, 0.1) is 30.0 Å². The molecule has 4 N–H and O–H groups in total. The van der Waals surface area contributed by atoms with Crippen LogP contribution in [0.1, 0.15) is 99.3 Å². The highest BCUT2D eigenvalue weighted by molar-refractivity contribution is 7.91. The molecule has 17 heteroatoms. The number of fused-ring (bicyclic) bond motifs is 1. The molecule has 1 unspecified atom stereocenters. The topological polar surface area (TPSA) is 200 Å². The van der Waals surface area contributed by atoms with Gasteiger partial charge in [-0.25, -0.2) is 22.6 Å². The van der Waals surface area contributed by atoms with Crippen LogP contribution in [0.5, 0.6) is 17.4 Å². The summed E-state index contributed by atoms with van der Waals surface area (Å²) >= 11 is 0. The van der Waals surface area contributed by atoms with E-state index in [0.29, 0.717) is 49.5 Å². The average Bonchev–Trinajstić information content (AvgIpc) is 3.99. The lowest BCUT2D eigenvalue weighted by atomic mass is 10.1. The number of halogens is 1. The van der Waals surface area contributed by atoms with Crippen LogP contribution in [0.4, 0.5) is 9.18 Å². The Morgan fingerprint density at radius 1 is 1.14 bits per heavy atom. The molecule has 15 nitrogen and oxygen atoms in total. The summed E-state index contributed by atoms with van der Waals surface area (Å²) in [5.74, 6) is -1.75. The van der Waals surface area contributed by atoms with Crippen molar-refractivity contribution < 1.29 is 50.9 Å². The van der Waals surface area contributed by atoms with Crippen LogP contribution < -0.4 is 34.9 Å². The second-order valence-electron chi connectivity index (χ2n) is 16.6. The van der Waals surface area contributed by atoms with Crippen LogP contribution in [0, 0.1) is 11.7 Å². The van der Waals surface area contributed by atoms with E-state index in [4.69, 9.17) is 18.9 Å². The maximum absolute atomic E-state index is 14.6. The quantitative estimate of drug-likeness (QED) is 0.0863. The van der Waals surface area contributed by atoms with Crippen LogP contribution in [0.15, 0.2) is 30.4 Å². The third kappa shape index (κ3) is 10.9. The number of nitrogens with zero attached hydrogens (tertiary/aromatic N) is 1. The summed E-state index contributed by atoms with van der Waals surface area (Å²) in [7, 11) is -2.62. The molecule has 5 atom stereocenters. The second kappa shape index (κ2) is 17.5. The summed E-state index contributed by atoms with van der Waals surface area (Å²) in [5.41, 5.74) is -1.91. The number of ether oxygens (including phenoxy) is 4. The molecule has 0 spiro atoms. The van der Waals surface area contributed by atoms with E-state index >= 15 is 0 Å². The minimum absolute atomic E-state index is 0.0555. The van der Waals surface area contributed by atoms with Gasteiger partial charge in [0.1, 0.15) is 34.8 Å². The van der Waals surface area contributed by atoms with Crippen LogP contribution in [-0.2, 0) is 29.1 Å². The number of pyridine rings is 1. The van der Waals surface area contributed by atoms with Crippen molar-refractivity contribution in [1.82, 2.24) is 25.7 Å². The van der Waals surface area contributed by atoms with E-state index in [-0.39, 0.29) is 42.6 Å². The van der Waals surface area contributed by atoms with Crippen molar-refractivity contribution in [2.45, 2.75) is 140 Å². The van der Waals surface area contributed by atoms with Gasteiger partial charge in [0.2, 0.25) is 21.8 Å². The molecule has 2 saturated carbocycles. The largest absolute Gasteiger partial charge is 0.491 e. The molecule has 1 aliphatic heterocycles. The number of amides is 3. The minimum atomic E-state index is -3.97. The van der Waals surface area contributed by atoms with Gasteiger partial charge in [-0.15, -0.1) is 0 Å². The van der Waals surface area contributed by atoms with Gasteiger partial charge in [0, 0.05) is 30.3 Å².